The summed E-state index contributed by atoms with van der Waals surface area (Å²) in [5, 5.41) is 0. The minimum Gasteiger partial charge on any atom is -0.338 e. The molecule has 122 valence electrons. The van der Waals surface area contributed by atoms with Crippen LogP contribution in [0.25, 0.3) is 0 Å². The van der Waals surface area contributed by atoms with Crippen molar-refractivity contribution in [1.29, 1.82) is 0 Å². The Morgan fingerprint density at radius 3 is 3.09 bits per heavy atom. The summed E-state index contributed by atoms with van der Waals surface area (Å²) in [5.74, 6) is 0.424. The molecule has 0 unspecified atom stereocenters. The number of piperidine rings is 1. The maximum atomic E-state index is 13.2. The lowest BCUT2D eigenvalue weighted by molar-refractivity contribution is 0.0672. The van der Waals surface area contributed by atoms with Crippen LogP contribution >= 0.6 is 11.3 Å². The molecule has 0 radical (unpaired) electrons. The lowest BCUT2D eigenvalue weighted by Crippen LogP contribution is -2.40. The van der Waals surface area contributed by atoms with Gasteiger partial charge in [-0.05, 0) is 56.2 Å². The summed E-state index contributed by atoms with van der Waals surface area (Å²) in [6.07, 6.45) is 4.04. The van der Waals surface area contributed by atoms with Crippen LogP contribution in [0.15, 0.2) is 29.8 Å². The van der Waals surface area contributed by atoms with Crippen molar-refractivity contribution in [3.63, 3.8) is 0 Å². The molecule has 1 atom stereocenters. The number of benzene rings is 1. The smallest absolute Gasteiger partial charge is 0.265 e. The Kier molecular flexibility index (Phi) is 5.06. The maximum Gasteiger partial charge on any atom is 0.265 e. The van der Waals surface area contributed by atoms with Crippen LogP contribution in [0.4, 0.5) is 4.39 Å². The van der Waals surface area contributed by atoms with Crippen LogP contribution in [-0.4, -0.2) is 28.9 Å². The van der Waals surface area contributed by atoms with E-state index in [1.54, 1.807) is 17.6 Å². The van der Waals surface area contributed by atoms with Crippen molar-refractivity contribution < 1.29 is 9.18 Å². The Morgan fingerprint density at radius 1 is 1.48 bits per heavy atom. The topological polar surface area (TPSA) is 33.2 Å². The summed E-state index contributed by atoms with van der Waals surface area (Å²) in [5.41, 5.74) is 3.59. The quantitative estimate of drug-likeness (QED) is 0.845. The lowest BCUT2D eigenvalue weighted by Gasteiger charge is -2.32. The van der Waals surface area contributed by atoms with E-state index in [9.17, 15) is 9.18 Å². The number of carbonyl (C=O) groups excluding carboxylic acids is 1. The summed E-state index contributed by atoms with van der Waals surface area (Å²) in [6, 6.07) is 6.80. The fourth-order valence-electron chi connectivity index (χ4n) is 3.20. The van der Waals surface area contributed by atoms with Gasteiger partial charge in [0.25, 0.3) is 5.91 Å². The third-order valence-corrected chi connectivity index (χ3v) is 5.39. The highest BCUT2D eigenvalue weighted by Gasteiger charge is 2.26. The first kappa shape index (κ1) is 16.1. The average molecular weight is 332 g/mol. The van der Waals surface area contributed by atoms with E-state index in [0.717, 1.165) is 54.9 Å². The number of nitrogens with zero attached hydrogens (tertiary/aromatic N) is 2. The summed E-state index contributed by atoms with van der Waals surface area (Å²) < 4.78 is 13.2. The van der Waals surface area contributed by atoms with Gasteiger partial charge in [0.05, 0.1) is 11.2 Å². The van der Waals surface area contributed by atoms with Crippen LogP contribution < -0.4 is 0 Å². The van der Waals surface area contributed by atoms with Crippen molar-refractivity contribution in [1.82, 2.24) is 9.88 Å². The highest BCUT2D eigenvalue weighted by atomic mass is 32.1. The molecule has 0 N–H and O–H groups in total. The number of aromatic nitrogens is 1. The Bertz CT molecular complexity index is 685. The number of carbonyl (C=O) groups is 1. The van der Waals surface area contributed by atoms with Crippen LogP contribution in [0.1, 0.15) is 40.2 Å². The van der Waals surface area contributed by atoms with E-state index in [4.69, 9.17) is 0 Å². The van der Waals surface area contributed by atoms with Gasteiger partial charge in [0.15, 0.2) is 0 Å². The fraction of sp³-hybridized carbons (Fsp3) is 0.444. The van der Waals surface area contributed by atoms with Crippen molar-refractivity contribution in [3.8, 4) is 0 Å². The number of hydrogen-bond acceptors (Lipinski definition) is 3. The SMILES string of the molecule is Cc1ncsc1C(=O)N1CCC[C@@H](CCc2cccc(F)c2)C1. The molecule has 0 spiro atoms. The second-order valence-electron chi connectivity index (χ2n) is 6.19. The molecule has 23 heavy (non-hydrogen) atoms. The summed E-state index contributed by atoms with van der Waals surface area (Å²) >= 11 is 1.42. The molecular formula is C18H21FN2OS. The zero-order valence-corrected chi connectivity index (χ0v) is 14.1. The van der Waals surface area contributed by atoms with Gasteiger partial charge in [0, 0.05) is 13.1 Å². The molecule has 1 aliphatic rings. The lowest BCUT2D eigenvalue weighted by atomic mass is 9.91. The van der Waals surface area contributed by atoms with E-state index in [2.05, 4.69) is 4.98 Å². The Balaban J connectivity index is 1.58. The minimum absolute atomic E-state index is 0.112. The van der Waals surface area contributed by atoms with Gasteiger partial charge >= 0.3 is 0 Å². The highest BCUT2D eigenvalue weighted by molar-refractivity contribution is 7.11. The third kappa shape index (κ3) is 3.96. The molecule has 5 heteroatoms. The summed E-state index contributed by atoms with van der Waals surface area (Å²) in [4.78, 5) is 19.5. The molecule has 1 fully saturated rings. The molecule has 1 aromatic heterocycles. The van der Waals surface area contributed by atoms with Crippen molar-refractivity contribution >= 4 is 17.2 Å². The average Bonchev–Trinajstić information content (AvgIpc) is 2.99. The van der Waals surface area contributed by atoms with Crippen molar-refractivity contribution in [2.45, 2.75) is 32.6 Å². The summed E-state index contributed by atoms with van der Waals surface area (Å²) in [6.45, 7) is 3.51. The van der Waals surface area contributed by atoms with E-state index < -0.39 is 0 Å². The number of thiazole rings is 1. The van der Waals surface area contributed by atoms with Crippen molar-refractivity contribution in [2.75, 3.05) is 13.1 Å². The van der Waals surface area contributed by atoms with Gasteiger partial charge in [-0.15, -0.1) is 11.3 Å². The maximum absolute atomic E-state index is 13.2. The molecule has 1 aliphatic heterocycles. The summed E-state index contributed by atoms with van der Waals surface area (Å²) in [7, 11) is 0. The zero-order chi connectivity index (χ0) is 16.2. The van der Waals surface area contributed by atoms with Crippen LogP contribution in [0, 0.1) is 18.7 Å². The number of halogens is 1. The second-order valence-corrected chi connectivity index (χ2v) is 7.05. The highest BCUT2D eigenvalue weighted by Crippen LogP contribution is 2.24. The molecule has 3 rings (SSSR count). The molecule has 1 amide bonds. The van der Waals surface area contributed by atoms with Crippen LogP contribution in [0.3, 0.4) is 0 Å². The minimum atomic E-state index is -0.177. The monoisotopic (exact) mass is 332 g/mol. The first-order valence-corrected chi connectivity index (χ1v) is 8.95. The Hall–Kier alpha value is -1.75. The van der Waals surface area contributed by atoms with Gasteiger partial charge < -0.3 is 4.90 Å². The number of hydrogen-bond donors (Lipinski definition) is 0. The molecule has 0 saturated carbocycles. The van der Waals surface area contributed by atoms with Gasteiger partial charge in [-0.25, -0.2) is 9.37 Å². The molecule has 1 saturated heterocycles. The van der Waals surface area contributed by atoms with Crippen LogP contribution in [0.5, 0.6) is 0 Å². The number of aryl methyl sites for hydroxylation is 2. The first-order valence-electron chi connectivity index (χ1n) is 8.07. The molecule has 3 nitrogen and oxygen atoms in total. The Morgan fingerprint density at radius 2 is 2.35 bits per heavy atom. The number of amides is 1. The molecule has 2 heterocycles. The van der Waals surface area contributed by atoms with Gasteiger partial charge in [-0.3, -0.25) is 4.79 Å². The van der Waals surface area contributed by atoms with Gasteiger partial charge in [-0.1, -0.05) is 12.1 Å². The molecule has 1 aromatic carbocycles. The van der Waals surface area contributed by atoms with Crippen LogP contribution in [-0.2, 0) is 6.42 Å². The van der Waals surface area contributed by atoms with Gasteiger partial charge in [0.1, 0.15) is 10.7 Å². The van der Waals surface area contributed by atoms with Crippen LogP contribution in [0.2, 0.25) is 0 Å². The van der Waals surface area contributed by atoms with E-state index in [1.165, 1.54) is 17.4 Å². The van der Waals surface area contributed by atoms with E-state index in [-0.39, 0.29) is 11.7 Å². The fourth-order valence-corrected chi connectivity index (χ4v) is 3.97. The first-order chi connectivity index (χ1) is 11.1. The number of likely N-dealkylation sites (tertiary alicyclic amines) is 1. The third-order valence-electron chi connectivity index (χ3n) is 4.48. The normalized spacial score (nSPS) is 18.2. The molecular weight excluding hydrogens is 311 g/mol. The van der Waals surface area contributed by atoms with Gasteiger partial charge in [0.2, 0.25) is 0 Å². The largest absolute Gasteiger partial charge is 0.338 e. The predicted molar refractivity (Wildman–Crippen MR) is 90.2 cm³/mol. The van der Waals surface area contributed by atoms with Crippen molar-refractivity contribution in [2.24, 2.45) is 5.92 Å². The second kappa shape index (κ2) is 7.21. The van der Waals surface area contributed by atoms with E-state index in [0.29, 0.717) is 5.92 Å². The zero-order valence-electron chi connectivity index (χ0n) is 13.3. The molecule has 2 aromatic rings. The van der Waals surface area contributed by atoms with E-state index >= 15 is 0 Å². The molecule has 0 bridgehead atoms. The predicted octanol–water partition coefficient (Wildman–Crippen LogP) is 4.08. The van der Waals surface area contributed by atoms with E-state index in [1.807, 2.05) is 17.9 Å². The van der Waals surface area contributed by atoms with Gasteiger partial charge in [-0.2, -0.15) is 0 Å². The standard InChI is InChI=1S/C18H21FN2OS/c1-13-17(23-12-20-13)18(22)21-9-3-5-15(11-21)8-7-14-4-2-6-16(19)10-14/h2,4,6,10,12,15H,3,5,7-9,11H2,1H3/t15-/m0/s1. The number of rotatable bonds is 4. The Labute approximate surface area is 140 Å². The van der Waals surface area contributed by atoms with Crippen molar-refractivity contribution in [3.05, 3.63) is 51.7 Å². The molecule has 0 aliphatic carbocycles.